The molecule has 1 aromatic heterocycles. The number of rotatable bonds is 3. The monoisotopic (exact) mass is 418 g/mol. The Morgan fingerprint density at radius 2 is 1.84 bits per heavy atom. The molecule has 1 amide bonds. The molecule has 0 aliphatic carbocycles. The third-order valence-electron chi connectivity index (χ3n) is 5.95. The smallest absolute Gasteiger partial charge is 0.277 e. The maximum absolute atomic E-state index is 13.6. The Kier molecular flexibility index (Phi) is 4.84. The predicted octanol–water partition coefficient (Wildman–Crippen LogP) is 5.23. The van der Waals surface area contributed by atoms with Crippen molar-refractivity contribution >= 4 is 11.6 Å². The molecule has 156 valence electrons. The van der Waals surface area contributed by atoms with Crippen molar-refractivity contribution in [2.24, 2.45) is 0 Å². The van der Waals surface area contributed by atoms with E-state index in [2.05, 4.69) is 48.4 Å². The highest BCUT2D eigenvalue weighted by atomic mass is 16.2. The van der Waals surface area contributed by atoms with Crippen LogP contribution in [0.1, 0.15) is 32.9 Å². The molecule has 5 rings (SSSR count). The largest absolute Gasteiger partial charge is 0.306 e. The molecular formula is C27H22N4O. The summed E-state index contributed by atoms with van der Waals surface area (Å²) < 4.78 is 1.64. The molecule has 1 aliphatic heterocycles. The van der Waals surface area contributed by atoms with E-state index in [4.69, 9.17) is 0 Å². The number of aryl methyl sites for hydroxylation is 2. The molecule has 3 aromatic carbocycles. The van der Waals surface area contributed by atoms with Crippen LogP contribution < -0.4 is 4.90 Å². The molecule has 0 radical (unpaired) electrons. The SMILES string of the molecule is Cc1cc(C(=O)N2CCc3cc(-c4ccccc4C)ccc32)n(-c2cccc(C#N)c2)n1. The maximum Gasteiger partial charge on any atom is 0.277 e. The van der Waals surface area contributed by atoms with Crippen LogP contribution in [0.3, 0.4) is 0 Å². The van der Waals surface area contributed by atoms with Gasteiger partial charge in [0.05, 0.1) is 23.0 Å². The van der Waals surface area contributed by atoms with E-state index >= 15 is 0 Å². The van der Waals surface area contributed by atoms with Gasteiger partial charge in [0.15, 0.2) is 0 Å². The van der Waals surface area contributed by atoms with Crippen molar-refractivity contribution in [2.75, 3.05) is 11.4 Å². The summed E-state index contributed by atoms with van der Waals surface area (Å²) in [4.78, 5) is 15.4. The second kappa shape index (κ2) is 7.82. The molecule has 0 atom stereocenters. The van der Waals surface area contributed by atoms with Crippen molar-refractivity contribution in [3.05, 3.63) is 101 Å². The van der Waals surface area contributed by atoms with Crippen LogP contribution in [0, 0.1) is 25.2 Å². The Labute approximate surface area is 187 Å². The van der Waals surface area contributed by atoms with E-state index in [9.17, 15) is 10.1 Å². The average molecular weight is 419 g/mol. The van der Waals surface area contributed by atoms with E-state index in [0.717, 1.165) is 17.8 Å². The molecule has 1 aliphatic rings. The second-order valence-corrected chi connectivity index (χ2v) is 8.11. The molecule has 0 bridgehead atoms. The number of carbonyl (C=O) groups excluding carboxylic acids is 1. The van der Waals surface area contributed by atoms with Gasteiger partial charge in [0.2, 0.25) is 0 Å². The molecule has 0 fully saturated rings. The third kappa shape index (κ3) is 3.36. The number of anilines is 1. The molecule has 4 aromatic rings. The Bertz CT molecular complexity index is 1390. The zero-order chi connectivity index (χ0) is 22.2. The van der Waals surface area contributed by atoms with Crippen LogP contribution in [0.15, 0.2) is 72.8 Å². The first-order valence-electron chi connectivity index (χ1n) is 10.6. The Hall–Kier alpha value is -4.17. The number of nitriles is 1. The summed E-state index contributed by atoms with van der Waals surface area (Å²) in [6.07, 6.45) is 0.817. The van der Waals surface area contributed by atoms with Crippen molar-refractivity contribution in [2.45, 2.75) is 20.3 Å². The fourth-order valence-electron chi connectivity index (χ4n) is 4.37. The molecule has 0 N–H and O–H groups in total. The summed E-state index contributed by atoms with van der Waals surface area (Å²) in [5, 5.41) is 13.8. The predicted molar refractivity (Wildman–Crippen MR) is 125 cm³/mol. The molecule has 0 unspecified atom stereocenters. The van der Waals surface area contributed by atoms with Crippen LogP contribution in [0.5, 0.6) is 0 Å². The highest BCUT2D eigenvalue weighted by Crippen LogP contribution is 2.34. The van der Waals surface area contributed by atoms with Gasteiger partial charge in [0.25, 0.3) is 5.91 Å². The lowest BCUT2D eigenvalue weighted by atomic mass is 9.98. The molecule has 32 heavy (non-hydrogen) atoms. The summed E-state index contributed by atoms with van der Waals surface area (Å²) in [6.45, 7) is 4.62. The Morgan fingerprint density at radius 3 is 2.66 bits per heavy atom. The van der Waals surface area contributed by atoms with Crippen LogP contribution in [-0.2, 0) is 6.42 Å². The normalized spacial score (nSPS) is 12.5. The number of aromatic nitrogens is 2. The van der Waals surface area contributed by atoms with E-state index in [-0.39, 0.29) is 5.91 Å². The lowest BCUT2D eigenvalue weighted by Gasteiger charge is -2.18. The van der Waals surface area contributed by atoms with Crippen molar-refractivity contribution < 1.29 is 4.79 Å². The average Bonchev–Trinajstić information content (AvgIpc) is 3.42. The van der Waals surface area contributed by atoms with Crippen molar-refractivity contribution in [3.8, 4) is 22.9 Å². The van der Waals surface area contributed by atoms with Gasteiger partial charge < -0.3 is 4.90 Å². The van der Waals surface area contributed by atoms with Gasteiger partial charge in [-0.3, -0.25) is 4.79 Å². The highest BCUT2D eigenvalue weighted by molar-refractivity contribution is 6.06. The first kappa shape index (κ1) is 19.8. The van der Waals surface area contributed by atoms with Gasteiger partial charge in [-0.25, -0.2) is 4.68 Å². The lowest BCUT2D eigenvalue weighted by molar-refractivity contribution is 0.0982. The molecule has 0 saturated carbocycles. The molecule has 5 heteroatoms. The third-order valence-corrected chi connectivity index (χ3v) is 5.95. The van der Waals surface area contributed by atoms with Gasteiger partial charge in [-0.05, 0) is 78.9 Å². The number of carbonyl (C=O) groups is 1. The summed E-state index contributed by atoms with van der Waals surface area (Å²) in [7, 11) is 0. The number of amides is 1. The lowest BCUT2D eigenvalue weighted by Crippen LogP contribution is -2.30. The van der Waals surface area contributed by atoms with Gasteiger partial charge in [-0.15, -0.1) is 0 Å². The molecule has 5 nitrogen and oxygen atoms in total. The van der Waals surface area contributed by atoms with Gasteiger partial charge in [0.1, 0.15) is 5.69 Å². The fraction of sp³-hybridized carbons (Fsp3) is 0.148. The Morgan fingerprint density at radius 1 is 1.00 bits per heavy atom. The van der Waals surface area contributed by atoms with Crippen LogP contribution >= 0.6 is 0 Å². The Balaban J connectivity index is 1.51. The van der Waals surface area contributed by atoms with Crippen molar-refractivity contribution in [1.82, 2.24) is 9.78 Å². The quantitative estimate of drug-likeness (QED) is 0.458. The van der Waals surface area contributed by atoms with Crippen LogP contribution in [-0.4, -0.2) is 22.2 Å². The summed E-state index contributed by atoms with van der Waals surface area (Å²) in [5.41, 5.74) is 8.23. The topological polar surface area (TPSA) is 61.9 Å². The molecule has 2 heterocycles. The molecule has 0 spiro atoms. The highest BCUT2D eigenvalue weighted by Gasteiger charge is 2.29. The molecular weight excluding hydrogens is 396 g/mol. The minimum Gasteiger partial charge on any atom is -0.306 e. The van der Waals surface area contributed by atoms with Gasteiger partial charge in [-0.1, -0.05) is 36.4 Å². The minimum absolute atomic E-state index is 0.0876. The van der Waals surface area contributed by atoms with E-state index in [1.165, 1.54) is 22.3 Å². The first-order chi connectivity index (χ1) is 15.5. The summed E-state index contributed by atoms with van der Waals surface area (Å²) >= 11 is 0. The summed E-state index contributed by atoms with van der Waals surface area (Å²) in [6, 6.07) is 25.8. The van der Waals surface area contributed by atoms with Crippen LogP contribution in [0.25, 0.3) is 16.8 Å². The number of benzene rings is 3. The van der Waals surface area contributed by atoms with Crippen LogP contribution in [0.2, 0.25) is 0 Å². The van der Waals surface area contributed by atoms with E-state index in [1.807, 2.05) is 30.0 Å². The minimum atomic E-state index is -0.0876. The van der Waals surface area contributed by atoms with E-state index in [0.29, 0.717) is 23.5 Å². The zero-order valence-corrected chi connectivity index (χ0v) is 18.0. The van der Waals surface area contributed by atoms with Crippen LogP contribution in [0.4, 0.5) is 5.69 Å². The number of fused-ring (bicyclic) bond motifs is 1. The second-order valence-electron chi connectivity index (χ2n) is 8.11. The standard InChI is InChI=1S/C27H22N4O/c1-18-6-3-4-9-24(18)21-10-11-25-22(16-21)12-13-30(25)27(32)26-14-19(2)29-31(26)23-8-5-7-20(15-23)17-28/h3-11,14-16H,12-13H2,1-2H3. The number of nitrogens with zero attached hydrogens (tertiary/aromatic N) is 4. The fourth-order valence-corrected chi connectivity index (χ4v) is 4.37. The maximum atomic E-state index is 13.6. The molecule has 0 saturated heterocycles. The van der Waals surface area contributed by atoms with Crippen molar-refractivity contribution in [3.63, 3.8) is 0 Å². The van der Waals surface area contributed by atoms with Gasteiger partial charge in [-0.2, -0.15) is 10.4 Å². The van der Waals surface area contributed by atoms with Crippen molar-refractivity contribution in [1.29, 1.82) is 5.26 Å². The summed E-state index contributed by atoms with van der Waals surface area (Å²) in [5.74, 6) is -0.0876. The number of hydrogen-bond acceptors (Lipinski definition) is 3. The van der Waals surface area contributed by atoms with E-state index < -0.39 is 0 Å². The van der Waals surface area contributed by atoms with Gasteiger partial charge >= 0.3 is 0 Å². The zero-order valence-electron chi connectivity index (χ0n) is 18.0. The first-order valence-corrected chi connectivity index (χ1v) is 10.6. The van der Waals surface area contributed by atoms with E-state index in [1.54, 1.807) is 28.9 Å². The van der Waals surface area contributed by atoms with Gasteiger partial charge in [0, 0.05) is 12.2 Å². The number of hydrogen-bond donors (Lipinski definition) is 0.